The van der Waals surface area contributed by atoms with Crippen molar-refractivity contribution >= 4 is 28.6 Å². The predicted molar refractivity (Wildman–Crippen MR) is 149 cm³/mol. The number of para-hydroxylation sites is 2. The summed E-state index contributed by atoms with van der Waals surface area (Å²) in [5.41, 5.74) is 6.18. The van der Waals surface area contributed by atoms with Crippen LogP contribution < -0.4 is 5.32 Å². The number of allylic oxidation sites excluding steroid dienone is 5. The normalized spacial score (nSPS) is 13.2. The molecule has 1 aromatic carbocycles. The van der Waals surface area contributed by atoms with Crippen LogP contribution in [0.15, 0.2) is 77.5 Å². The van der Waals surface area contributed by atoms with Crippen molar-refractivity contribution in [2.24, 2.45) is 0 Å². The molecule has 0 radical (unpaired) electrons. The van der Waals surface area contributed by atoms with Crippen LogP contribution in [0.2, 0.25) is 0 Å². The smallest absolute Gasteiger partial charge is 0.130 e. The van der Waals surface area contributed by atoms with Crippen molar-refractivity contribution in [3.63, 3.8) is 0 Å². The summed E-state index contributed by atoms with van der Waals surface area (Å²) in [5, 5.41) is 3.36. The zero-order valence-electron chi connectivity index (χ0n) is 21.3. The van der Waals surface area contributed by atoms with E-state index in [-0.39, 0.29) is 11.9 Å². The summed E-state index contributed by atoms with van der Waals surface area (Å²) in [6.07, 6.45) is 12.9. The molecule has 2 heterocycles. The predicted octanol–water partition coefficient (Wildman–Crippen LogP) is 8.40. The molecule has 0 bridgehead atoms. The van der Waals surface area contributed by atoms with E-state index in [0.717, 1.165) is 54.0 Å². The number of aromatic amines is 1. The monoisotopic (exact) mass is 492 g/mol. The molecule has 0 saturated carbocycles. The molecule has 35 heavy (non-hydrogen) atoms. The molecule has 1 unspecified atom stereocenters. The van der Waals surface area contributed by atoms with E-state index in [9.17, 15) is 4.39 Å². The van der Waals surface area contributed by atoms with Gasteiger partial charge in [0.05, 0.1) is 17.1 Å². The molecule has 0 aliphatic carbocycles. The maximum atomic E-state index is 13.7. The van der Waals surface area contributed by atoms with Crippen molar-refractivity contribution in [3.05, 3.63) is 89.2 Å². The molecule has 0 aliphatic rings. The van der Waals surface area contributed by atoms with Crippen molar-refractivity contribution in [3.8, 4) is 0 Å². The minimum Gasteiger partial charge on any atom is -0.359 e. The molecule has 2 N–H and O–H groups in total. The van der Waals surface area contributed by atoms with Gasteiger partial charge in [0.15, 0.2) is 0 Å². The average molecular weight is 493 g/mol. The Bertz CT molecular complexity index is 1140. The second kappa shape index (κ2) is 13.9. The van der Waals surface area contributed by atoms with E-state index in [1.165, 1.54) is 35.0 Å². The molecule has 2 aromatic heterocycles. The SMILES string of the molecule is CC(C)=CCC/C(C)=C/CC/C(C)=C/CSCC(Nc1cc(F)ccn1)c1nc2ccccc2[nH]1. The first-order valence-corrected chi connectivity index (χ1v) is 13.4. The van der Waals surface area contributed by atoms with Gasteiger partial charge in [-0.15, -0.1) is 0 Å². The molecule has 186 valence electrons. The van der Waals surface area contributed by atoms with Gasteiger partial charge in [-0.25, -0.2) is 14.4 Å². The summed E-state index contributed by atoms with van der Waals surface area (Å²) in [5.74, 6) is 2.74. The molecular formula is C29H37FN4S. The number of halogens is 1. The number of thioether (sulfide) groups is 1. The fourth-order valence-electron chi connectivity index (χ4n) is 3.71. The van der Waals surface area contributed by atoms with Gasteiger partial charge in [-0.2, -0.15) is 11.8 Å². The first-order valence-electron chi connectivity index (χ1n) is 12.3. The van der Waals surface area contributed by atoms with Crippen molar-refractivity contribution < 1.29 is 4.39 Å². The Labute approximate surface area is 213 Å². The molecule has 0 saturated heterocycles. The average Bonchev–Trinajstić information content (AvgIpc) is 3.25. The molecule has 4 nitrogen and oxygen atoms in total. The van der Waals surface area contributed by atoms with E-state index < -0.39 is 0 Å². The quantitative estimate of drug-likeness (QED) is 0.186. The largest absolute Gasteiger partial charge is 0.359 e. The Morgan fingerprint density at radius 1 is 1.03 bits per heavy atom. The first kappa shape index (κ1) is 26.7. The molecule has 0 amide bonds. The minimum atomic E-state index is -0.307. The van der Waals surface area contributed by atoms with Crippen LogP contribution in [0.1, 0.15) is 65.2 Å². The van der Waals surface area contributed by atoms with E-state index in [0.29, 0.717) is 5.82 Å². The van der Waals surface area contributed by atoms with Crippen LogP contribution in [0.3, 0.4) is 0 Å². The highest BCUT2D eigenvalue weighted by Gasteiger charge is 2.17. The number of imidazole rings is 1. The van der Waals surface area contributed by atoms with Crippen molar-refractivity contribution in [1.82, 2.24) is 15.0 Å². The van der Waals surface area contributed by atoms with Crippen LogP contribution in [0.5, 0.6) is 0 Å². The van der Waals surface area contributed by atoms with Gasteiger partial charge < -0.3 is 10.3 Å². The molecule has 0 spiro atoms. The van der Waals surface area contributed by atoms with Gasteiger partial charge in [0.25, 0.3) is 0 Å². The van der Waals surface area contributed by atoms with Gasteiger partial charge in [-0.1, -0.05) is 47.1 Å². The molecule has 0 aliphatic heterocycles. The maximum absolute atomic E-state index is 13.7. The van der Waals surface area contributed by atoms with E-state index in [4.69, 9.17) is 4.98 Å². The number of aromatic nitrogens is 3. The van der Waals surface area contributed by atoms with Crippen LogP contribution in [0.25, 0.3) is 11.0 Å². The summed E-state index contributed by atoms with van der Waals surface area (Å²) in [6, 6.07) is 10.6. The van der Waals surface area contributed by atoms with Gasteiger partial charge in [-0.05, 0) is 71.6 Å². The Balaban J connectivity index is 1.54. The topological polar surface area (TPSA) is 53.6 Å². The third kappa shape index (κ3) is 9.36. The number of pyridine rings is 1. The standard InChI is InChI=1S/C29H37FN4S/c1-21(2)9-7-10-22(3)11-8-12-23(4)16-18-35-20-27(32-28-19-24(30)15-17-31-28)29-33-25-13-5-6-14-26(25)34-29/h5-6,9,11,13-17,19,27H,7-8,10,12,18,20H2,1-4H3,(H,31,32)(H,33,34)/b22-11+,23-16+. The molecule has 0 fully saturated rings. The van der Waals surface area contributed by atoms with Crippen LogP contribution in [-0.2, 0) is 0 Å². The molecule has 3 aromatic rings. The number of hydrogen-bond donors (Lipinski definition) is 2. The summed E-state index contributed by atoms with van der Waals surface area (Å²) in [6.45, 7) is 8.74. The number of anilines is 1. The Morgan fingerprint density at radius 2 is 1.77 bits per heavy atom. The van der Waals surface area contributed by atoms with E-state index in [1.54, 1.807) is 0 Å². The lowest BCUT2D eigenvalue weighted by atomic mass is 10.1. The lowest BCUT2D eigenvalue weighted by Crippen LogP contribution is -2.16. The van der Waals surface area contributed by atoms with Crippen molar-refractivity contribution in [1.29, 1.82) is 0 Å². The van der Waals surface area contributed by atoms with Gasteiger partial charge >= 0.3 is 0 Å². The molecular weight excluding hydrogens is 455 g/mol. The number of fused-ring (bicyclic) bond motifs is 1. The number of nitrogens with zero attached hydrogens (tertiary/aromatic N) is 2. The van der Waals surface area contributed by atoms with E-state index in [1.807, 2.05) is 36.0 Å². The fraction of sp³-hybridized carbons (Fsp3) is 0.379. The zero-order valence-corrected chi connectivity index (χ0v) is 22.1. The number of benzene rings is 1. The zero-order chi connectivity index (χ0) is 25.0. The van der Waals surface area contributed by atoms with Crippen molar-refractivity contribution in [2.45, 2.75) is 59.4 Å². The molecule has 6 heteroatoms. The van der Waals surface area contributed by atoms with Gasteiger partial charge in [0.2, 0.25) is 0 Å². The van der Waals surface area contributed by atoms with Crippen LogP contribution in [-0.4, -0.2) is 26.5 Å². The number of rotatable bonds is 13. The molecule has 3 rings (SSSR count). The second-order valence-electron chi connectivity index (χ2n) is 9.19. The van der Waals surface area contributed by atoms with E-state index >= 15 is 0 Å². The van der Waals surface area contributed by atoms with Crippen molar-refractivity contribution in [2.75, 3.05) is 16.8 Å². The fourth-order valence-corrected chi connectivity index (χ4v) is 4.73. The third-order valence-corrected chi connectivity index (χ3v) is 6.71. The minimum absolute atomic E-state index is 0.109. The Morgan fingerprint density at radius 3 is 2.51 bits per heavy atom. The maximum Gasteiger partial charge on any atom is 0.130 e. The second-order valence-corrected chi connectivity index (χ2v) is 10.3. The Hall–Kier alpha value is -2.86. The highest BCUT2D eigenvalue weighted by molar-refractivity contribution is 7.99. The van der Waals surface area contributed by atoms with Gasteiger partial charge in [0.1, 0.15) is 17.5 Å². The lowest BCUT2D eigenvalue weighted by molar-refractivity contribution is 0.625. The van der Waals surface area contributed by atoms with Gasteiger partial charge in [-0.3, -0.25) is 0 Å². The summed E-state index contributed by atoms with van der Waals surface area (Å²) >= 11 is 1.83. The van der Waals surface area contributed by atoms with Crippen LogP contribution in [0.4, 0.5) is 10.2 Å². The Kier molecular flexibility index (Phi) is 10.6. The lowest BCUT2D eigenvalue weighted by Gasteiger charge is -2.17. The third-order valence-electron chi connectivity index (χ3n) is 5.74. The number of hydrogen-bond acceptors (Lipinski definition) is 4. The first-order chi connectivity index (χ1) is 16.9. The van der Waals surface area contributed by atoms with Gasteiger partial charge in [0, 0.05) is 23.8 Å². The molecule has 1 atom stereocenters. The summed E-state index contributed by atoms with van der Waals surface area (Å²) < 4.78 is 13.7. The highest BCUT2D eigenvalue weighted by atomic mass is 32.2. The summed E-state index contributed by atoms with van der Waals surface area (Å²) in [7, 11) is 0. The summed E-state index contributed by atoms with van der Waals surface area (Å²) in [4.78, 5) is 12.4. The van der Waals surface area contributed by atoms with E-state index in [2.05, 4.69) is 61.2 Å². The van der Waals surface area contributed by atoms with Crippen LogP contribution in [0, 0.1) is 5.82 Å². The van der Waals surface area contributed by atoms with Crippen LogP contribution >= 0.6 is 11.8 Å². The number of H-pyrrole nitrogens is 1. The number of nitrogens with one attached hydrogen (secondary N) is 2. The highest BCUT2D eigenvalue weighted by Crippen LogP contribution is 2.24.